The first-order valence-electron chi connectivity index (χ1n) is 10.3. The van der Waals surface area contributed by atoms with Crippen LogP contribution in [-0.4, -0.2) is 56.0 Å². The van der Waals surface area contributed by atoms with Gasteiger partial charge in [0.05, 0.1) is 4.88 Å². The summed E-state index contributed by atoms with van der Waals surface area (Å²) in [5, 5.41) is 11.7. The van der Waals surface area contributed by atoms with Crippen molar-refractivity contribution >= 4 is 23.2 Å². The monoisotopic (exact) mass is 413 g/mol. The zero-order valence-corrected chi connectivity index (χ0v) is 17.9. The van der Waals surface area contributed by atoms with Crippen LogP contribution in [0.2, 0.25) is 0 Å². The number of carbonyl (C=O) groups is 1. The summed E-state index contributed by atoms with van der Waals surface area (Å²) in [5.41, 5.74) is 1.37. The van der Waals surface area contributed by atoms with Gasteiger partial charge in [0.25, 0.3) is 5.91 Å². The molecule has 6 nitrogen and oxygen atoms in total. The Hall–Kier alpha value is -2.38. The van der Waals surface area contributed by atoms with E-state index in [1.165, 1.54) is 29.7 Å². The van der Waals surface area contributed by atoms with Gasteiger partial charge in [0, 0.05) is 39.3 Å². The fourth-order valence-electron chi connectivity index (χ4n) is 3.58. The second kappa shape index (κ2) is 11.6. The van der Waals surface area contributed by atoms with E-state index < -0.39 is 0 Å². The number of hydrogen-bond acceptors (Lipinski definition) is 4. The highest BCUT2D eigenvalue weighted by Crippen LogP contribution is 2.19. The SMILES string of the molecule is CN=C(NCCCNC(=O)c1cccs1)NCC1CCCN1Cc1ccccc1. The molecule has 0 aliphatic carbocycles. The largest absolute Gasteiger partial charge is 0.356 e. The van der Waals surface area contributed by atoms with Gasteiger partial charge in [0.2, 0.25) is 0 Å². The van der Waals surface area contributed by atoms with Crippen LogP contribution in [0.4, 0.5) is 0 Å². The molecule has 3 N–H and O–H groups in total. The molecule has 0 saturated carbocycles. The first kappa shape index (κ1) is 21.3. The van der Waals surface area contributed by atoms with Crippen LogP contribution in [0, 0.1) is 0 Å². The lowest BCUT2D eigenvalue weighted by molar-refractivity contribution is 0.0957. The molecule has 2 heterocycles. The molecule has 1 amide bonds. The van der Waals surface area contributed by atoms with Crippen molar-refractivity contribution in [2.45, 2.75) is 31.8 Å². The van der Waals surface area contributed by atoms with Crippen molar-refractivity contribution in [3.63, 3.8) is 0 Å². The first-order chi connectivity index (χ1) is 14.3. The van der Waals surface area contributed by atoms with Crippen molar-refractivity contribution < 1.29 is 4.79 Å². The molecular formula is C22H31N5OS. The molecule has 3 rings (SSSR count). The third kappa shape index (κ3) is 6.87. The number of guanidine groups is 1. The van der Waals surface area contributed by atoms with Crippen LogP contribution < -0.4 is 16.0 Å². The summed E-state index contributed by atoms with van der Waals surface area (Å²) in [6.07, 6.45) is 3.31. The predicted molar refractivity (Wildman–Crippen MR) is 121 cm³/mol. The third-order valence-corrected chi connectivity index (χ3v) is 6.00. The number of rotatable bonds is 9. The van der Waals surface area contributed by atoms with E-state index in [1.54, 1.807) is 7.05 Å². The minimum atomic E-state index is 0.00208. The van der Waals surface area contributed by atoms with Crippen LogP contribution in [0.3, 0.4) is 0 Å². The molecule has 1 fully saturated rings. The zero-order valence-electron chi connectivity index (χ0n) is 17.1. The number of thiophene rings is 1. The lowest BCUT2D eigenvalue weighted by Gasteiger charge is -2.25. The molecule has 1 unspecified atom stereocenters. The maximum Gasteiger partial charge on any atom is 0.261 e. The van der Waals surface area contributed by atoms with Crippen LogP contribution in [0.15, 0.2) is 52.8 Å². The average Bonchev–Trinajstić information content (AvgIpc) is 3.43. The van der Waals surface area contributed by atoms with Gasteiger partial charge in [-0.15, -0.1) is 11.3 Å². The van der Waals surface area contributed by atoms with Gasteiger partial charge in [0.15, 0.2) is 5.96 Å². The summed E-state index contributed by atoms with van der Waals surface area (Å²) in [7, 11) is 1.80. The topological polar surface area (TPSA) is 68.8 Å². The Morgan fingerprint density at radius 2 is 1.97 bits per heavy atom. The number of aliphatic imine (C=N–C) groups is 1. The van der Waals surface area contributed by atoms with Crippen LogP contribution in [0.5, 0.6) is 0 Å². The highest BCUT2D eigenvalue weighted by atomic mass is 32.1. The molecule has 0 radical (unpaired) electrons. The smallest absolute Gasteiger partial charge is 0.261 e. The number of benzene rings is 1. The summed E-state index contributed by atoms with van der Waals surface area (Å²) in [5.74, 6) is 0.823. The number of nitrogens with one attached hydrogen (secondary N) is 3. The first-order valence-corrected chi connectivity index (χ1v) is 11.2. The molecule has 1 aliphatic rings. The molecule has 156 valence electrons. The van der Waals surface area contributed by atoms with Gasteiger partial charge < -0.3 is 16.0 Å². The van der Waals surface area contributed by atoms with E-state index in [2.05, 4.69) is 56.2 Å². The van der Waals surface area contributed by atoms with Gasteiger partial charge >= 0.3 is 0 Å². The van der Waals surface area contributed by atoms with Crippen molar-refractivity contribution in [3.05, 3.63) is 58.3 Å². The van der Waals surface area contributed by atoms with Crippen molar-refractivity contribution in [1.29, 1.82) is 0 Å². The van der Waals surface area contributed by atoms with E-state index in [4.69, 9.17) is 0 Å². The molecule has 1 atom stereocenters. The van der Waals surface area contributed by atoms with Crippen molar-refractivity contribution in [2.75, 3.05) is 33.2 Å². The molecule has 1 saturated heterocycles. The third-order valence-electron chi connectivity index (χ3n) is 5.13. The Bertz CT molecular complexity index is 763. The molecule has 0 spiro atoms. The molecular weight excluding hydrogens is 382 g/mol. The number of carbonyl (C=O) groups excluding carboxylic acids is 1. The van der Waals surface area contributed by atoms with Crippen molar-refractivity contribution in [1.82, 2.24) is 20.9 Å². The summed E-state index contributed by atoms with van der Waals surface area (Å²) in [4.78, 5) is 19.5. The molecule has 7 heteroatoms. The molecule has 1 aliphatic heterocycles. The Balaban J connectivity index is 1.33. The lowest BCUT2D eigenvalue weighted by Crippen LogP contribution is -2.45. The minimum absolute atomic E-state index is 0.00208. The zero-order chi connectivity index (χ0) is 20.3. The Kier molecular flexibility index (Phi) is 8.52. The van der Waals surface area contributed by atoms with E-state index in [9.17, 15) is 4.79 Å². The number of amides is 1. The molecule has 2 aromatic rings. The number of nitrogens with zero attached hydrogens (tertiary/aromatic N) is 2. The Morgan fingerprint density at radius 1 is 1.14 bits per heavy atom. The average molecular weight is 414 g/mol. The van der Waals surface area contributed by atoms with Gasteiger partial charge in [-0.3, -0.25) is 14.7 Å². The van der Waals surface area contributed by atoms with Gasteiger partial charge in [-0.2, -0.15) is 0 Å². The van der Waals surface area contributed by atoms with Crippen LogP contribution in [0.1, 0.15) is 34.5 Å². The number of hydrogen-bond donors (Lipinski definition) is 3. The summed E-state index contributed by atoms with van der Waals surface area (Å²) in [6, 6.07) is 14.9. The second-order valence-electron chi connectivity index (χ2n) is 7.22. The van der Waals surface area contributed by atoms with E-state index in [-0.39, 0.29) is 5.91 Å². The van der Waals surface area contributed by atoms with E-state index >= 15 is 0 Å². The van der Waals surface area contributed by atoms with Crippen LogP contribution >= 0.6 is 11.3 Å². The quantitative estimate of drug-likeness (QED) is 0.336. The normalized spacial score (nSPS) is 17.3. The summed E-state index contributed by atoms with van der Waals surface area (Å²) >= 11 is 1.46. The Labute approximate surface area is 177 Å². The van der Waals surface area contributed by atoms with E-state index in [0.717, 1.165) is 43.4 Å². The highest BCUT2D eigenvalue weighted by molar-refractivity contribution is 7.12. The van der Waals surface area contributed by atoms with Crippen LogP contribution in [0.25, 0.3) is 0 Å². The maximum atomic E-state index is 11.9. The minimum Gasteiger partial charge on any atom is -0.356 e. The summed E-state index contributed by atoms with van der Waals surface area (Å²) in [6.45, 7) is 4.46. The van der Waals surface area contributed by atoms with Crippen LogP contribution in [-0.2, 0) is 6.54 Å². The van der Waals surface area contributed by atoms with E-state index in [1.807, 2.05) is 17.5 Å². The lowest BCUT2D eigenvalue weighted by atomic mass is 10.2. The second-order valence-corrected chi connectivity index (χ2v) is 8.17. The molecule has 29 heavy (non-hydrogen) atoms. The van der Waals surface area contributed by atoms with Crippen molar-refractivity contribution in [3.8, 4) is 0 Å². The van der Waals surface area contributed by atoms with Gasteiger partial charge in [-0.25, -0.2) is 0 Å². The molecule has 1 aromatic carbocycles. The number of likely N-dealkylation sites (tertiary alicyclic amines) is 1. The van der Waals surface area contributed by atoms with Gasteiger partial charge in [-0.1, -0.05) is 36.4 Å². The van der Waals surface area contributed by atoms with Gasteiger partial charge in [-0.05, 0) is 42.8 Å². The maximum absolute atomic E-state index is 11.9. The van der Waals surface area contributed by atoms with Gasteiger partial charge in [0.1, 0.15) is 0 Å². The molecule has 0 bridgehead atoms. The standard InChI is InChI=1S/C22H31N5OS/c1-23-22(25-13-7-12-24-21(28)20-11-6-15-29-20)26-16-19-10-5-14-27(19)17-18-8-3-2-4-9-18/h2-4,6,8-9,11,15,19H,5,7,10,12-14,16-17H2,1H3,(H,24,28)(H2,23,25,26). The highest BCUT2D eigenvalue weighted by Gasteiger charge is 2.24. The van der Waals surface area contributed by atoms with Crippen molar-refractivity contribution in [2.24, 2.45) is 4.99 Å². The Morgan fingerprint density at radius 3 is 2.72 bits per heavy atom. The van der Waals surface area contributed by atoms with E-state index in [0.29, 0.717) is 12.6 Å². The predicted octanol–water partition coefficient (Wildman–Crippen LogP) is 2.70. The fourth-order valence-corrected chi connectivity index (χ4v) is 4.22. The fraction of sp³-hybridized carbons (Fsp3) is 0.455. The molecule has 1 aromatic heterocycles. The summed E-state index contributed by atoms with van der Waals surface area (Å²) < 4.78 is 0.